The van der Waals surface area contributed by atoms with E-state index in [2.05, 4.69) is 16.4 Å². The van der Waals surface area contributed by atoms with Crippen molar-refractivity contribution in [2.75, 3.05) is 13.2 Å². The van der Waals surface area contributed by atoms with Crippen molar-refractivity contribution in [1.29, 1.82) is 0 Å². The number of hydrogen-bond acceptors (Lipinski definition) is 3. The van der Waals surface area contributed by atoms with Gasteiger partial charge in [-0.3, -0.25) is 9.59 Å². The zero-order chi connectivity index (χ0) is 17.2. The summed E-state index contributed by atoms with van der Waals surface area (Å²) in [7, 11) is 0. The fourth-order valence-corrected chi connectivity index (χ4v) is 3.32. The molecule has 0 unspecified atom stereocenters. The third-order valence-corrected chi connectivity index (χ3v) is 4.54. The van der Waals surface area contributed by atoms with E-state index in [0.717, 1.165) is 17.4 Å². The van der Waals surface area contributed by atoms with E-state index in [1.54, 1.807) is 6.07 Å². The molecule has 5 nitrogen and oxygen atoms in total. The number of nitrogens with one attached hydrogen (secondary N) is 2. The molecule has 2 N–H and O–H groups in total. The molecule has 4 rings (SSSR count). The second kappa shape index (κ2) is 6.53. The van der Waals surface area contributed by atoms with E-state index in [9.17, 15) is 9.59 Å². The fourth-order valence-electron chi connectivity index (χ4n) is 3.32. The Balaban J connectivity index is 1.57. The molecule has 25 heavy (non-hydrogen) atoms. The minimum absolute atomic E-state index is 0.165. The lowest BCUT2D eigenvalue weighted by atomic mass is 9.97. The van der Waals surface area contributed by atoms with Gasteiger partial charge >= 0.3 is 0 Å². The topological polar surface area (TPSA) is 71.2 Å². The van der Waals surface area contributed by atoms with E-state index in [-0.39, 0.29) is 17.6 Å². The van der Waals surface area contributed by atoms with E-state index in [1.165, 1.54) is 11.6 Å². The van der Waals surface area contributed by atoms with Gasteiger partial charge in [-0.15, -0.1) is 0 Å². The molecule has 2 aromatic carbocycles. The summed E-state index contributed by atoms with van der Waals surface area (Å²) < 4.78 is 5.82. The summed E-state index contributed by atoms with van der Waals surface area (Å²) >= 11 is 0. The molecule has 0 fully saturated rings. The Bertz CT molecular complexity index is 993. The van der Waals surface area contributed by atoms with Gasteiger partial charge in [0.25, 0.3) is 5.91 Å². The van der Waals surface area contributed by atoms with Gasteiger partial charge in [0.2, 0.25) is 5.56 Å². The third kappa shape index (κ3) is 3.06. The normalized spacial score (nSPS) is 16.4. The first kappa shape index (κ1) is 15.6. The number of carbonyl (C=O) groups is 1. The van der Waals surface area contributed by atoms with E-state index in [1.807, 2.05) is 36.4 Å². The summed E-state index contributed by atoms with van der Waals surface area (Å²) in [6.07, 6.45) is 0.724. The van der Waals surface area contributed by atoms with Crippen molar-refractivity contribution < 1.29 is 9.53 Å². The molecule has 126 valence electrons. The lowest BCUT2D eigenvalue weighted by Crippen LogP contribution is -2.32. The van der Waals surface area contributed by atoms with Gasteiger partial charge < -0.3 is 15.0 Å². The largest absolute Gasteiger partial charge is 0.371 e. The first-order valence-electron chi connectivity index (χ1n) is 8.32. The van der Waals surface area contributed by atoms with Crippen LogP contribution in [-0.2, 0) is 11.2 Å². The minimum atomic E-state index is -0.289. The summed E-state index contributed by atoms with van der Waals surface area (Å²) in [5.74, 6) is -0.269. The smallest absolute Gasteiger partial charge is 0.252 e. The number of hydrogen-bond donors (Lipinski definition) is 2. The second-order valence-corrected chi connectivity index (χ2v) is 6.11. The van der Waals surface area contributed by atoms with Crippen LogP contribution in [0.2, 0.25) is 0 Å². The van der Waals surface area contributed by atoms with E-state index < -0.39 is 0 Å². The van der Waals surface area contributed by atoms with Gasteiger partial charge in [-0.05, 0) is 23.6 Å². The summed E-state index contributed by atoms with van der Waals surface area (Å²) in [5, 5.41) is 3.64. The number of rotatable bonds is 3. The van der Waals surface area contributed by atoms with Gasteiger partial charge in [0.15, 0.2) is 0 Å². The maximum Gasteiger partial charge on any atom is 0.252 e. The van der Waals surface area contributed by atoms with Crippen molar-refractivity contribution in [3.05, 3.63) is 81.6 Å². The van der Waals surface area contributed by atoms with Gasteiger partial charge in [0.05, 0.1) is 12.2 Å². The molecule has 1 aliphatic rings. The monoisotopic (exact) mass is 334 g/mol. The average molecular weight is 334 g/mol. The Kier molecular flexibility index (Phi) is 4.07. The van der Waals surface area contributed by atoms with Crippen LogP contribution in [0.3, 0.4) is 0 Å². The van der Waals surface area contributed by atoms with Crippen LogP contribution in [0.4, 0.5) is 0 Å². The van der Waals surface area contributed by atoms with Crippen molar-refractivity contribution in [2.45, 2.75) is 12.5 Å². The molecule has 1 aliphatic heterocycles. The van der Waals surface area contributed by atoms with E-state index in [4.69, 9.17) is 4.74 Å². The molecule has 0 saturated carbocycles. The number of carbonyl (C=O) groups excluding carboxylic acids is 1. The van der Waals surface area contributed by atoms with Gasteiger partial charge in [0.1, 0.15) is 6.10 Å². The maximum atomic E-state index is 12.6. The number of fused-ring (bicyclic) bond motifs is 2. The Morgan fingerprint density at radius 3 is 2.88 bits per heavy atom. The zero-order valence-electron chi connectivity index (χ0n) is 13.6. The number of H-pyrrole nitrogens is 1. The Morgan fingerprint density at radius 1 is 1.16 bits per heavy atom. The summed E-state index contributed by atoms with van der Waals surface area (Å²) in [4.78, 5) is 27.2. The molecule has 2 heterocycles. The molecule has 1 amide bonds. The van der Waals surface area contributed by atoms with Crippen molar-refractivity contribution in [3.63, 3.8) is 0 Å². The molecular weight excluding hydrogens is 316 g/mol. The molecule has 0 aliphatic carbocycles. The summed E-state index contributed by atoms with van der Waals surface area (Å²) in [5.41, 5.74) is 3.12. The highest BCUT2D eigenvalue weighted by atomic mass is 16.5. The average Bonchev–Trinajstić information content (AvgIpc) is 2.65. The Morgan fingerprint density at radius 2 is 1.96 bits per heavy atom. The van der Waals surface area contributed by atoms with Crippen molar-refractivity contribution in [3.8, 4) is 0 Å². The van der Waals surface area contributed by atoms with Crippen LogP contribution in [-0.4, -0.2) is 24.0 Å². The minimum Gasteiger partial charge on any atom is -0.371 e. The highest BCUT2D eigenvalue weighted by Gasteiger charge is 2.21. The number of benzene rings is 2. The lowest BCUT2D eigenvalue weighted by Gasteiger charge is -2.26. The van der Waals surface area contributed by atoms with Crippen molar-refractivity contribution >= 4 is 16.8 Å². The molecular formula is C20H18N2O3. The number of aromatic nitrogens is 1. The number of aromatic amines is 1. The van der Waals surface area contributed by atoms with Crippen molar-refractivity contribution in [2.24, 2.45) is 0 Å². The maximum absolute atomic E-state index is 12.6. The first-order chi connectivity index (χ1) is 12.2. The summed E-state index contributed by atoms with van der Waals surface area (Å²) in [6, 6.07) is 16.7. The van der Waals surface area contributed by atoms with Gasteiger partial charge in [-0.1, -0.05) is 42.5 Å². The highest BCUT2D eigenvalue weighted by Crippen LogP contribution is 2.26. The molecule has 0 spiro atoms. The number of ether oxygens (including phenoxy) is 1. The molecule has 3 aromatic rings. The van der Waals surface area contributed by atoms with Crippen LogP contribution < -0.4 is 10.9 Å². The van der Waals surface area contributed by atoms with Crippen LogP contribution in [0.5, 0.6) is 0 Å². The summed E-state index contributed by atoms with van der Waals surface area (Å²) in [6.45, 7) is 1.02. The molecule has 0 saturated heterocycles. The Hall–Kier alpha value is -2.92. The fraction of sp³-hybridized carbons (Fsp3) is 0.200. The predicted molar refractivity (Wildman–Crippen MR) is 95.7 cm³/mol. The number of amides is 1. The van der Waals surface area contributed by atoms with Crippen LogP contribution in [0.15, 0.2) is 59.4 Å². The van der Waals surface area contributed by atoms with Crippen molar-refractivity contribution in [1.82, 2.24) is 10.3 Å². The van der Waals surface area contributed by atoms with Gasteiger partial charge in [-0.25, -0.2) is 0 Å². The van der Waals surface area contributed by atoms with Gasteiger partial charge in [-0.2, -0.15) is 0 Å². The first-order valence-corrected chi connectivity index (χ1v) is 8.32. The molecule has 1 atom stereocenters. The number of pyridine rings is 1. The number of para-hydroxylation sites is 1. The van der Waals surface area contributed by atoms with Gasteiger partial charge in [0, 0.05) is 23.5 Å². The van der Waals surface area contributed by atoms with Crippen LogP contribution >= 0.6 is 0 Å². The molecule has 0 bridgehead atoms. The van der Waals surface area contributed by atoms with E-state index >= 15 is 0 Å². The molecule has 5 heteroatoms. The molecule has 0 radical (unpaired) electrons. The zero-order valence-corrected chi connectivity index (χ0v) is 13.6. The second-order valence-electron chi connectivity index (χ2n) is 6.11. The molecule has 1 aromatic heterocycles. The van der Waals surface area contributed by atoms with Crippen LogP contribution in [0.1, 0.15) is 27.6 Å². The third-order valence-electron chi connectivity index (χ3n) is 4.54. The SMILES string of the molecule is O=C(NC[C@@H]1OCCc2ccccc21)c1cc(=O)[nH]c2ccccc12. The van der Waals surface area contributed by atoms with Crippen LogP contribution in [0, 0.1) is 0 Å². The lowest BCUT2D eigenvalue weighted by molar-refractivity contribution is 0.0412. The highest BCUT2D eigenvalue weighted by molar-refractivity contribution is 6.05. The quantitative estimate of drug-likeness (QED) is 0.773. The predicted octanol–water partition coefficient (Wildman–Crippen LogP) is 2.57. The standard InChI is InChI=1S/C20H18N2O3/c23-19-11-16(15-7-3-4-8-17(15)22-19)20(24)21-12-18-14-6-2-1-5-13(14)9-10-25-18/h1-8,11,18H,9-10,12H2,(H,21,24)(H,22,23)/t18-/m0/s1. The van der Waals surface area contributed by atoms with E-state index in [0.29, 0.717) is 24.2 Å². The van der Waals surface area contributed by atoms with Crippen LogP contribution in [0.25, 0.3) is 10.9 Å². The Labute approximate surface area is 144 Å².